The molecule has 0 bridgehead atoms. The van der Waals surface area contributed by atoms with Crippen molar-refractivity contribution >= 4 is 24.2 Å². The van der Waals surface area contributed by atoms with E-state index < -0.39 is 5.41 Å². The van der Waals surface area contributed by atoms with Gasteiger partial charge in [0.2, 0.25) is 5.91 Å². The molecule has 0 radical (unpaired) electrons. The highest BCUT2D eigenvalue weighted by Crippen LogP contribution is 2.49. The molecule has 1 atom stereocenters. The first-order valence-electron chi connectivity index (χ1n) is 8.18. The minimum Gasteiger partial charge on any atom is -0.504 e. The van der Waals surface area contributed by atoms with E-state index in [9.17, 15) is 15.0 Å². The number of aryl methyl sites for hydroxylation is 1. The summed E-state index contributed by atoms with van der Waals surface area (Å²) in [5.74, 6) is -0.683. The summed E-state index contributed by atoms with van der Waals surface area (Å²) in [7, 11) is 0. The topological polar surface area (TPSA) is 69.6 Å². The van der Waals surface area contributed by atoms with E-state index in [2.05, 4.69) is 17.9 Å². The number of phenolic OH excluding ortho intramolecular Hbond substituents is 2. The second kappa shape index (κ2) is 5.81. The van der Waals surface area contributed by atoms with E-state index in [1.807, 2.05) is 49.4 Å². The number of nitrogens with one attached hydrogen (secondary N) is 1. The molecule has 4 rings (SSSR count). The fourth-order valence-corrected chi connectivity index (χ4v) is 3.83. The van der Waals surface area contributed by atoms with Crippen LogP contribution in [0.5, 0.6) is 11.5 Å². The van der Waals surface area contributed by atoms with Crippen LogP contribution >= 0.6 is 12.6 Å². The first-order valence-corrected chi connectivity index (χ1v) is 8.63. The van der Waals surface area contributed by atoms with E-state index in [1.54, 1.807) is 6.07 Å². The van der Waals surface area contributed by atoms with Gasteiger partial charge in [0.25, 0.3) is 0 Å². The molecule has 3 aromatic rings. The maximum Gasteiger partial charge on any atom is 0.244 e. The number of rotatable bonds is 2. The Morgan fingerprint density at radius 3 is 2.31 bits per heavy atom. The second-order valence-electron chi connectivity index (χ2n) is 6.45. The number of benzene rings is 3. The van der Waals surface area contributed by atoms with E-state index >= 15 is 0 Å². The van der Waals surface area contributed by atoms with Gasteiger partial charge in [0.15, 0.2) is 11.5 Å². The number of phenols is 2. The van der Waals surface area contributed by atoms with Gasteiger partial charge in [-0.25, -0.2) is 0 Å². The predicted molar refractivity (Wildman–Crippen MR) is 103 cm³/mol. The van der Waals surface area contributed by atoms with Crippen LogP contribution in [0.15, 0.2) is 65.6 Å². The molecule has 0 fully saturated rings. The Labute approximate surface area is 156 Å². The smallest absolute Gasteiger partial charge is 0.244 e. The van der Waals surface area contributed by atoms with Gasteiger partial charge in [-0.3, -0.25) is 4.79 Å². The number of fused-ring (bicyclic) bond motifs is 1. The van der Waals surface area contributed by atoms with E-state index in [1.165, 1.54) is 12.1 Å². The highest BCUT2D eigenvalue weighted by molar-refractivity contribution is 7.80. The molecule has 26 heavy (non-hydrogen) atoms. The summed E-state index contributed by atoms with van der Waals surface area (Å²) in [4.78, 5) is 14.1. The molecule has 0 spiro atoms. The van der Waals surface area contributed by atoms with E-state index in [-0.39, 0.29) is 17.4 Å². The molecule has 5 heteroatoms. The number of para-hydroxylation sites is 1. The minimum absolute atomic E-state index is 0.196. The molecule has 0 aromatic heterocycles. The fraction of sp³-hybridized carbons (Fsp3) is 0.0952. The molecule has 1 unspecified atom stereocenters. The zero-order valence-corrected chi connectivity index (χ0v) is 14.9. The van der Waals surface area contributed by atoms with Crippen molar-refractivity contribution in [1.29, 1.82) is 0 Å². The Hall–Kier alpha value is -2.92. The summed E-state index contributed by atoms with van der Waals surface area (Å²) in [5.41, 5.74) is 2.79. The van der Waals surface area contributed by atoms with Crippen molar-refractivity contribution in [3.05, 3.63) is 82.9 Å². The zero-order chi connectivity index (χ0) is 18.5. The van der Waals surface area contributed by atoms with Crippen molar-refractivity contribution in [2.45, 2.75) is 17.2 Å². The minimum atomic E-state index is -1.12. The first kappa shape index (κ1) is 16.5. The number of amides is 1. The largest absolute Gasteiger partial charge is 0.504 e. The monoisotopic (exact) mass is 363 g/mol. The van der Waals surface area contributed by atoms with Gasteiger partial charge in [-0.05, 0) is 47.9 Å². The molecule has 0 saturated heterocycles. The van der Waals surface area contributed by atoms with E-state index in [0.717, 1.165) is 27.3 Å². The van der Waals surface area contributed by atoms with Crippen molar-refractivity contribution in [2.24, 2.45) is 0 Å². The number of carbonyl (C=O) groups is 1. The number of hydrogen-bond donors (Lipinski definition) is 4. The molecular weight excluding hydrogens is 346 g/mol. The van der Waals surface area contributed by atoms with Crippen LogP contribution in [0, 0.1) is 6.92 Å². The summed E-state index contributed by atoms with van der Waals surface area (Å²) in [6, 6.07) is 17.7. The lowest BCUT2D eigenvalue weighted by molar-refractivity contribution is -0.118. The summed E-state index contributed by atoms with van der Waals surface area (Å²) in [6.07, 6.45) is 0. The SMILES string of the molecule is Cc1cccc2c1NC(=O)C2(c1ccc(S)cc1)c1ccc(O)c(O)c1. The van der Waals surface area contributed by atoms with Crippen LogP contribution in [-0.4, -0.2) is 16.1 Å². The molecule has 3 aromatic carbocycles. The van der Waals surface area contributed by atoms with Gasteiger partial charge < -0.3 is 15.5 Å². The van der Waals surface area contributed by atoms with E-state index in [0.29, 0.717) is 5.56 Å². The highest BCUT2D eigenvalue weighted by Gasteiger charge is 2.50. The molecule has 1 heterocycles. The van der Waals surface area contributed by atoms with Crippen LogP contribution in [0.3, 0.4) is 0 Å². The lowest BCUT2D eigenvalue weighted by Crippen LogP contribution is -2.37. The number of thiol groups is 1. The normalized spacial score (nSPS) is 18.5. The van der Waals surface area contributed by atoms with Gasteiger partial charge in [-0.15, -0.1) is 12.6 Å². The average molecular weight is 363 g/mol. The van der Waals surface area contributed by atoms with E-state index in [4.69, 9.17) is 0 Å². The molecule has 1 amide bonds. The van der Waals surface area contributed by atoms with Crippen LogP contribution < -0.4 is 5.32 Å². The number of aromatic hydroxyl groups is 2. The molecule has 130 valence electrons. The zero-order valence-electron chi connectivity index (χ0n) is 14.0. The Bertz CT molecular complexity index is 1030. The van der Waals surface area contributed by atoms with Crippen LogP contribution in [-0.2, 0) is 10.2 Å². The van der Waals surface area contributed by atoms with Crippen molar-refractivity contribution in [2.75, 3.05) is 5.32 Å². The summed E-state index contributed by atoms with van der Waals surface area (Å²) < 4.78 is 0. The number of carbonyl (C=O) groups excluding carboxylic acids is 1. The Morgan fingerprint density at radius 1 is 0.923 bits per heavy atom. The standard InChI is InChI=1S/C21H17NO3S/c1-12-3-2-4-16-19(12)22-20(25)21(16,13-5-8-15(26)9-6-13)14-7-10-17(23)18(24)11-14/h2-11,23-24,26H,1H3,(H,22,25). The van der Waals surface area contributed by atoms with Gasteiger partial charge in [-0.1, -0.05) is 36.4 Å². The molecule has 1 aliphatic rings. The van der Waals surface area contributed by atoms with Gasteiger partial charge in [0, 0.05) is 16.1 Å². The predicted octanol–water partition coefficient (Wildman–Crippen LogP) is 3.98. The summed E-state index contributed by atoms with van der Waals surface area (Å²) in [6.45, 7) is 1.94. The molecule has 0 saturated carbocycles. The lowest BCUT2D eigenvalue weighted by atomic mass is 9.70. The Balaban J connectivity index is 2.09. The summed E-state index contributed by atoms with van der Waals surface area (Å²) >= 11 is 4.34. The molecule has 4 nitrogen and oxygen atoms in total. The number of hydrogen-bond acceptors (Lipinski definition) is 4. The molecule has 0 aliphatic carbocycles. The quantitative estimate of drug-likeness (QED) is 0.411. The van der Waals surface area contributed by atoms with Gasteiger partial charge in [0.05, 0.1) is 0 Å². The van der Waals surface area contributed by atoms with Gasteiger partial charge >= 0.3 is 0 Å². The maximum absolute atomic E-state index is 13.3. The van der Waals surface area contributed by atoms with Crippen LogP contribution in [0.2, 0.25) is 0 Å². The van der Waals surface area contributed by atoms with Gasteiger partial charge in [0.1, 0.15) is 5.41 Å². The third-order valence-electron chi connectivity index (χ3n) is 4.96. The third-order valence-corrected chi connectivity index (χ3v) is 5.26. The fourth-order valence-electron chi connectivity index (χ4n) is 3.68. The molecule has 1 aliphatic heterocycles. The molecule has 3 N–H and O–H groups in total. The number of anilines is 1. The van der Waals surface area contributed by atoms with Crippen molar-refractivity contribution in [1.82, 2.24) is 0 Å². The van der Waals surface area contributed by atoms with Crippen molar-refractivity contribution < 1.29 is 15.0 Å². The second-order valence-corrected chi connectivity index (χ2v) is 6.97. The van der Waals surface area contributed by atoms with Crippen LogP contribution in [0.1, 0.15) is 22.3 Å². The molecular formula is C21H17NO3S. The van der Waals surface area contributed by atoms with Gasteiger partial charge in [-0.2, -0.15) is 0 Å². The third kappa shape index (κ3) is 2.21. The van der Waals surface area contributed by atoms with Crippen LogP contribution in [0.4, 0.5) is 5.69 Å². The van der Waals surface area contributed by atoms with Crippen LogP contribution in [0.25, 0.3) is 0 Å². The lowest BCUT2D eigenvalue weighted by Gasteiger charge is -2.29. The Morgan fingerprint density at radius 2 is 1.62 bits per heavy atom. The summed E-state index contributed by atoms with van der Waals surface area (Å²) in [5, 5.41) is 22.8. The average Bonchev–Trinajstić information content (AvgIpc) is 2.92. The Kier molecular flexibility index (Phi) is 3.70. The maximum atomic E-state index is 13.3. The first-order chi connectivity index (χ1) is 12.4. The van der Waals surface area contributed by atoms with Crippen molar-refractivity contribution in [3.63, 3.8) is 0 Å². The highest BCUT2D eigenvalue weighted by atomic mass is 32.1. The van der Waals surface area contributed by atoms with Crippen molar-refractivity contribution in [3.8, 4) is 11.5 Å².